The minimum absolute atomic E-state index is 0.568. The van der Waals surface area contributed by atoms with E-state index < -0.39 is 0 Å². The molecule has 3 heterocycles. The smallest absolute Gasteiger partial charge is 0.164 e. The first-order valence-electron chi connectivity index (χ1n) is 22.3. The van der Waals surface area contributed by atoms with E-state index in [0.717, 1.165) is 88.7 Å². The van der Waals surface area contributed by atoms with E-state index in [4.69, 9.17) is 19.4 Å². The summed E-state index contributed by atoms with van der Waals surface area (Å²) in [5.41, 5.74) is 13.9. The van der Waals surface area contributed by atoms with E-state index in [1.54, 1.807) is 0 Å². The molecule has 0 N–H and O–H groups in total. The van der Waals surface area contributed by atoms with E-state index in [1.807, 2.05) is 24.3 Å². The molecule has 0 radical (unpaired) electrons. The number of hydrogen-bond donors (Lipinski definition) is 0. The van der Waals surface area contributed by atoms with E-state index in [1.165, 1.54) is 21.5 Å². The van der Waals surface area contributed by atoms with Crippen LogP contribution in [-0.4, -0.2) is 19.5 Å². The molecule has 3 aromatic heterocycles. The zero-order valence-electron chi connectivity index (χ0n) is 35.6. The molecule has 13 aromatic rings. The van der Waals surface area contributed by atoms with Gasteiger partial charge < -0.3 is 8.98 Å². The Kier molecular flexibility index (Phi) is 8.78. The van der Waals surface area contributed by atoms with E-state index in [0.29, 0.717) is 17.5 Å². The summed E-state index contributed by atoms with van der Waals surface area (Å²) in [6, 6.07) is 80.9. The standard InChI is InChI=1S/C61H38N4O/c1-3-18-39(19-4-1)44-24-9-11-28-50(44)60-62-59(63-61(64-60)51-29-12-10-25-45(51)40-20-5-2-6-21-40)43-34-35-55(53(37-43)49-31-17-30-48-47-27-14-16-33-57(47)66-58(48)49)65-54-32-15-13-26-46(54)52-36-41-22-7-8-23-42(41)38-56(52)65/h1-38H. The van der Waals surface area contributed by atoms with Crippen LogP contribution in [0.3, 0.4) is 0 Å². The van der Waals surface area contributed by atoms with Gasteiger partial charge in [-0.05, 0) is 75.5 Å². The van der Waals surface area contributed by atoms with Crippen LogP contribution in [0.25, 0.3) is 128 Å². The van der Waals surface area contributed by atoms with Crippen molar-refractivity contribution in [2.75, 3.05) is 0 Å². The van der Waals surface area contributed by atoms with Gasteiger partial charge in [-0.3, -0.25) is 0 Å². The second-order valence-corrected chi connectivity index (χ2v) is 16.7. The molecule has 0 unspecified atom stereocenters. The molecule has 308 valence electrons. The summed E-state index contributed by atoms with van der Waals surface area (Å²) >= 11 is 0. The van der Waals surface area contributed by atoms with Gasteiger partial charge in [0.15, 0.2) is 17.5 Å². The number of aromatic nitrogens is 4. The van der Waals surface area contributed by atoms with E-state index in [9.17, 15) is 0 Å². The van der Waals surface area contributed by atoms with Crippen molar-refractivity contribution in [1.82, 2.24) is 19.5 Å². The first kappa shape index (κ1) is 37.6. The average Bonchev–Trinajstić information content (AvgIpc) is 3.93. The van der Waals surface area contributed by atoms with Crippen LogP contribution in [0.1, 0.15) is 0 Å². The number of hydrogen-bond acceptors (Lipinski definition) is 4. The average molecular weight is 843 g/mol. The quantitative estimate of drug-likeness (QED) is 0.160. The van der Waals surface area contributed by atoms with Gasteiger partial charge in [0.1, 0.15) is 11.2 Å². The highest BCUT2D eigenvalue weighted by molar-refractivity contribution is 6.15. The lowest BCUT2D eigenvalue weighted by Crippen LogP contribution is -2.03. The van der Waals surface area contributed by atoms with Crippen LogP contribution in [0.5, 0.6) is 0 Å². The van der Waals surface area contributed by atoms with E-state index in [-0.39, 0.29) is 0 Å². The Morgan fingerprint density at radius 2 is 0.833 bits per heavy atom. The lowest BCUT2D eigenvalue weighted by atomic mass is 9.97. The molecule has 0 amide bonds. The third-order valence-corrected chi connectivity index (χ3v) is 12.9. The van der Waals surface area contributed by atoms with Crippen molar-refractivity contribution in [3.63, 3.8) is 0 Å². The van der Waals surface area contributed by atoms with Gasteiger partial charge in [-0.15, -0.1) is 0 Å². The molecule has 66 heavy (non-hydrogen) atoms. The minimum Gasteiger partial charge on any atom is -0.455 e. The molecular weight excluding hydrogens is 805 g/mol. The molecule has 0 atom stereocenters. The van der Waals surface area contributed by atoms with Gasteiger partial charge in [-0.2, -0.15) is 0 Å². The summed E-state index contributed by atoms with van der Waals surface area (Å²) in [5.74, 6) is 1.76. The van der Waals surface area contributed by atoms with E-state index in [2.05, 4.69) is 211 Å². The summed E-state index contributed by atoms with van der Waals surface area (Å²) in [6.45, 7) is 0. The number of fused-ring (bicyclic) bond motifs is 7. The molecule has 0 aliphatic rings. The molecule has 0 aliphatic carbocycles. The Morgan fingerprint density at radius 1 is 0.303 bits per heavy atom. The van der Waals surface area contributed by atoms with Crippen molar-refractivity contribution in [3.8, 4) is 73.2 Å². The van der Waals surface area contributed by atoms with Crippen LogP contribution >= 0.6 is 0 Å². The Hall–Kier alpha value is -8.93. The molecular formula is C61H38N4O. The van der Waals surface area contributed by atoms with Gasteiger partial charge >= 0.3 is 0 Å². The number of benzene rings is 10. The number of rotatable bonds is 7. The molecule has 0 saturated heterocycles. The highest BCUT2D eigenvalue weighted by Gasteiger charge is 2.23. The number of furan rings is 1. The fourth-order valence-corrected chi connectivity index (χ4v) is 9.80. The molecule has 10 aromatic carbocycles. The van der Waals surface area contributed by atoms with Crippen molar-refractivity contribution < 1.29 is 4.42 Å². The summed E-state index contributed by atoms with van der Waals surface area (Å²) in [4.78, 5) is 16.1. The minimum atomic E-state index is 0.568. The van der Waals surface area contributed by atoms with Crippen molar-refractivity contribution in [2.24, 2.45) is 0 Å². The largest absolute Gasteiger partial charge is 0.455 e. The van der Waals surface area contributed by atoms with Crippen molar-refractivity contribution in [1.29, 1.82) is 0 Å². The Bertz CT molecular complexity index is 3900. The van der Waals surface area contributed by atoms with Gasteiger partial charge in [0.2, 0.25) is 0 Å². The predicted molar refractivity (Wildman–Crippen MR) is 272 cm³/mol. The zero-order valence-corrected chi connectivity index (χ0v) is 35.6. The zero-order chi connectivity index (χ0) is 43.6. The topological polar surface area (TPSA) is 56.7 Å². The van der Waals surface area contributed by atoms with Gasteiger partial charge in [0.05, 0.1) is 16.7 Å². The Balaban J connectivity index is 1.11. The molecule has 0 bridgehead atoms. The highest BCUT2D eigenvalue weighted by Crippen LogP contribution is 2.44. The third-order valence-electron chi connectivity index (χ3n) is 12.9. The van der Waals surface area contributed by atoms with Crippen LogP contribution in [0, 0.1) is 0 Å². The molecule has 0 saturated carbocycles. The normalized spacial score (nSPS) is 11.6. The fourth-order valence-electron chi connectivity index (χ4n) is 9.80. The molecule has 13 rings (SSSR count). The molecule has 0 spiro atoms. The maximum Gasteiger partial charge on any atom is 0.164 e. The highest BCUT2D eigenvalue weighted by atomic mass is 16.3. The van der Waals surface area contributed by atoms with Crippen LogP contribution in [0.2, 0.25) is 0 Å². The van der Waals surface area contributed by atoms with Gasteiger partial charge in [-0.1, -0.05) is 188 Å². The first-order valence-corrected chi connectivity index (χ1v) is 22.3. The summed E-state index contributed by atoms with van der Waals surface area (Å²) in [7, 11) is 0. The molecule has 0 aliphatic heterocycles. The second kappa shape index (κ2) is 15.4. The predicted octanol–water partition coefficient (Wildman–Crippen LogP) is 16.0. The first-order chi connectivity index (χ1) is 32.7. The number of para-hydroxylation sites is 3. The van der Waals surface area contributed by atoms with Crippen LogP contribution in [0.4, 0.5) is 0 Å². The fraction of sp³-hybridized carbons (Fsp3) is 0. The second-order valence-electron chi connectivity index (χ2n) is 16.7. The molecule has 5 nitrogen and oxygen atoms in total. The van der Waals surface area contributed by atoms with Gasteiger partial charge in [0.25, 0.3) is 0 Å². The van der Waals surface area contributed by atoms with E-state index >= 15 is 0 Å². The monoisotopic (exact) mass is 842 g/mol. The van der Waals surface area contributed by atoms with Crippen LogP contribution < -0.4 is 0 Å². The van der Waals surface area contributed by atoms with Crippen LogP contribution in [-0.2, 0) is 0 Å². The van der Waals surface area contributed by atoms with Crippen molar-refractivity contribution in [3.05, 3.63) is 231 Å². The summed E-state index contributed by atoms with van der Waals surface area (Å²) < 4.78 is 9.21. The summed E-state index contributed by atoms with van der Waals surface area (Å²) in [5, 5.41) is 6.92. The summed E-state index contributed by atoms with van der Waals surface area (Å²) in [6.07, 6.45) is 0. The van der Waals surface area contributed by atoms with Crippen molar-refractivity contribution >= 4 is 54.5 Å². The maximum absolute atomic E-state index is 6.80. The number of nitrogens with zero attached hydrogens (tertiary/aromatic N) is 4. The lowest BCUT2D eigenvalue weighted by molar-refractivity contribution is 0.670. The van der Waals surface area contributed by atoms with Gasteiger partial charge in [-0.25, -0.2) is 15.0 Å². The van der Waals surface area contributed by atoms with Crippen molar-refractivity contribution in [2.45, 2.75) is 0 Å². The SMILES string of the molecule is c1ccc(-c2ccccc2-c2nc(-c3ccc(-n4c5ccccc5c5cc6ccccc6cc54)c(-c4cccc5c4oc4ccccc45)c3)nc(-c3ccccc3-c3ccccc3)n2)cc1. The molecule has 5 heteroatoms. The maximum atomic E-state index is 6.80. The van der Waals surface area contributed by atoms with Crippen LogP contribution in [0.15, 0.2) is 235 Å². The third kappa shape index (κ3) is 6.21. The Labute approximate surface area is 380 Å². The Morgan fingerprint density at radius 3 is 1.53 bits per heavy atom. The lowest BCUT2D eigenvalue weighted by Gasteiger charge is -2.17. The van der Waals surface area contributed by atoms with Gasteiger partial charge in [0, 0.05) is 49.4 Å². The molecule has 0 fully saturated rings.